The monoisotopic (exact) mass is 459 g/mol. The van der Waals surface area contributed by atoms with Crippen molar-refractivity contribution in [3.8, 4) is 11.5 Å². The zero-order valence-electron chi connectivity index (χ0n) is 18.7. The third-order valence-electron chi connectivity index (χ3n) is 6.40. The lowest BCUT2D eigenvalue weighted by Gasteiger charge is -2.56. The van der Waals surface area contributed by atoms with Crippen molar-refractivity contribution in [3.05, 3.63) is 83.9 Å². The molecule has 0 aliphatic carbocycles. The van der Waals surface area contributed by atoms with E-state index in [-0.39, 0.29) is 11.9 Å². The van der Waals surface area contributed by atoms with Crippen molar-refractivity contribution in [2.24, 2.45) is 5.92 Å². The molecule has 3 aromatic carbocycles. The Hall–Kier alpha value is -3.58. The van der Waals surface area contributed by atoms with Crippen molar-refractivity contribution in [3.63, 3.8) is 0 Å². The fourth-order valence-electron chi connectivity index (χ4n) is 4.80. The molecule has 1 saturated heterocycles. The predicted molar refractivity (Wildman–Crippen MR) is 133 cm³/mol. The van der Waals surface area contributed by atoms with E-state index in [9.17, 15) is 4.79 Å². The minimum Gasteiger partial charge on any atom is -0.497 e. The van der Waals surface area contributed by atoms with Gasteiger partial charge < -0.3 is 20.1 Å². The van der Waals surface area contributed by atoms with Crippen LogP contribution < -0.4 is 25.0 Å². The average molecular weight is 460 g/mol. The number of hydrogen-bond acceptors (Lipinski definition) is 4. The van der Waals surface area contributed by atoms with Gasteiger partial charge in [0, 0.05) is 16.9 Å². The van der Waals surface area contributed by atoms with Crippen LogP contribution in [0.2, 0.25) is 0 Å². The first-order chi connectivity index (χ1) is 15.9. The Bertz CT molecular complexity index is 1230. The second kappa shape index (κ2) is 8.08. The van der Waals surface area contributed by atoms with E-state index in [1.807, 2.05) is 91.5 Å². The summed E-state index contributed by atoms with van der Waals surface area (Å²) in [5, 5.41) is 7.03. The number of benzene rings is 3. The van der Waals surface area contributed by atoms with Crippen LogP contribution in [-0.2, 0) is 4.79 Å². The summed E-state index contributed by atoms with van der Waals surface area (Å²) >= 11 is 5.81. The van der Waals surface area contributed by atoms with E-state index in [1.54, 1.807) is 7.11 Å². The molecule has 0 spiro atoms. The van der Waals surface area contributed by atoms with E-state index in [4.69, 9.17) is 21.7 Å². The average Bonchev–Trinajstić information content (AvgIpc) is 2.80. The smallest absolute Gasteiger partial charge is 0.236 e. The van der Waals surface area contributed by atoms with Crippen LogP contribution in [0.5, 0.6) is 11.5 Å². The molecule has 1 fully saturated rings. The molecule has 7 heteroatoms. The normalized spacial score (nSPS) is 23.1. The maximum atomic E-state index is 13.8. The second-order valence-electron chi connectivity index (χ2n) is 8.44. The SMILES string of the molecule is COc1ccc(NC(=O)[C@@H]2[C@H]3NC(=S)N(c4ccccc4C)[C@@]2(C)Oc2ccccc23)cc1. The van der Waals surface area contributed by atoms with Gasteiger partial charge in [-0.3, -0.25) is 9.69 Å². The molecule has 33 heavy (non-hydrogen) atoms. The van der Waals surface area contributed by atoms with Crippen LogP contribution in [0.1, 0.15) is 24.1 Å². The molecule has 0 saturated carbocycles. The first-order valence-electron chi connectivity index (χ1n) is 10.8. The first-order valence-corrected chi connectivity index (χ1v) is 11.2. The molecular weight excluding hydrogens is 434 g/mol. The fraction of sp³-hybridized carbons (Fsp3) is 0.231. The summed E-state index contributed by atoms with van der Waals surface area (Å²) < 4.78 is 11.8. The first kappa shape index (κ1) is 21.3. The lowest BCUT2D eigenvalue weighted by atomic mass is 9.78. The number of nitrogens with zero attached hydrogens (tertiary/aromatic N) is 1. The van der Waals surface area contributed by atoms with E-state index in [0.717, 1.165) is 28.3 Å². The molecule has 2 N–H and O–H groups in total. The summed E-state index contributed by atoms with van der Waals surface area (Å²) in [7, 11) is 1.61. The van der Waals surface area contributed by atoms with Crippen molar-refractivity contribution in [1.29, 1.82) is 0 Å². The van der Waals surface area contributed by atoms with Crippen LogP contribution in [-0.4, -0.2) is 23.9 Å². The van der Waals surface area contributed by atoms with E-state index in [1.165, 1.54) is 0 Å². The molecule has 2 heterocycles. The number of thiocarbonyl (C=S) groups is 1. The molecule has 0 unspecified atom stereocenters. The van der Waals surface area contributed by atoms with Gasteiger partial charge in [0.2, 0.25) is 5.91 Å². The Morgan fingerprint density at radius 3 is 2.52 bits per heavy atom. The van der Waals surface area contributed by atoms with E-state index >= 15 is 0 Å². The maximum absolute atomic E-state index is 13.8. The molecule has 6 nitrogen and oxygen atoms in total. The number of carbonyl (C=O) groups excluding carboxylic acids is 1. The minimum atomic E-state index is -1.04. The van der Waals surface area contributed by atoms with Gasteiger partial charge in [0.15, 0.2) is 10.8 Å². The third-order valence-corrected chi connectivity index (χ3v) is 6.70. The summed E-state index contributed by atoms with van der Waals surface area (Å²) in [4.78, 5) is 15.7. The van der Waals surface area contributed by atoms with E-state index in [0.29, 0.717) is 10.8 Å². The van der Waals surface area contributed by atoms with Gasteiger partial charge >= 0.3 is 0 Å². The molecule has 3 aromatic rings. The number of rotatable bonds is 4. The van der Waals surface area contributed by atoms with Gasteiger partial charge in [-0.05, 0) is 68.0 Å². The molecular formula is C26H25N3O3S. The van der Waals surface area contributed by atoms with Crippen molar-refractivity contribution < 1.29 is 14.3 Å². The number of nitrogens with one attached hydrogen (secondary N) is 2. The van der Waals surface area contributed by atoms with Crippen molar-refractivity contribution in [2.45, 2.75) is 25.6 Å². The highest BCUT2D eigenvalue weighted by atomic mass is 32.1. The number of anilines is 2. The van der Waals surface area contributed by atoms with Gasteiger partial charge in [-0.15, -0.1) is 0 Å². The number of aryl methyl sites for hydroxylation is 1. The number of ether oxygens (including phenoxy) is 2. The van der Waals surface area contributed by atoms with Crippen LogP contribution >= 0.6 is 12.2 Å². The molecule has 2 aliphatic heterocycles. The van der Waals surface area contributed by atoms with E-state index < -0.39 is 11.6 Å². The fourth-order valence-corrected chi connectivity index (χ4v) is 5.21. The predicted octanol–water partition coefficient (Wildman–Crippen LogP) is 4.80. The zero-order chi connectivity index (χ0) is 23.2. The van der Waals surface area contributed by atoms with Gasteiger partial charge in [-0.25, -0.2) is 0 Å². The summed E-state index contributed by atoms with van der Waals surface area (Å²) in [6.45, 7) is 3.96. The highest BCUT2D eigenvalue weighted by molar-refractivity contribution is 7.80. The zero-order valence-corrected chi connectivity index (χ0v) is 19.5. The topological polar surface area (TPSA) is 62.8 Å². The lowest BCUT2D eigenvalue weighted by Crippen LogP contribution is -2.72. The highest BCUT2D eigenvalue weighted by Crippen LogP contribution is 2.50. The summed E-state index contributed by atoms with van der Waals surface area (Å²) in [6.07, 6.45) is 0. The summed E-state index contributed by atoms with van der Waals surface area (Å²) in [5.41, 5.74) is 2.50. The Morgan fingerprint density at radius 1 is 1.09 bits per heavy atom. The summed E-state index contributed by atoms with van der Waals surface area (Å²) in [6, 6.07) is 22.7. The second-order valence-corrected chi connectivity index (χ2v) is 8.83. The Morgan fingerprint density at radius 2 is 1.79 bits per heavy atom. The Balaban J connectivity index is 1.60. The Kier molecular flexibility index (Phi) is 5.21. The number of para-hydroxylation sites is 2. The van der Waals surface area contributed by atoms with Crippen LogP contribution in [0.25, 0.3) is 0 Å². The molecule has 3 atom stereocenters. The van der Waals surface area contributed by atoms with Gasteiger partial charge in [0.05, 0.1) is 13.2 Å². The van der Waals surface area contributed by atoms with E-state index in [2.05, 4.69) is 10.6 Å². The lowest BCUT2D eigenvalue weighted by molar-refractivity contribution is -0.130. The Labute approximate surface area is 198 Å². The van der Waals surface area contributed by atoms with Crippen molar-refractivity contribution in [2.75, 3.05) is 17.3 Å². The largest absolute Gasteiger partial charge is 0.497 e. The number of amides is 1. The van der Waals surface area contributed by atoms with Crippen LogP contribution in [0.15, 0.2) is 72.8 Å². The van der Waals surface area contributed by atoms with Crippen LogP contribution in [0.4, 0.5) is 11.4 Å². The number of methoxy groups -OCH3 is 1. The standard InChI is InChI=1S/C26H25N3O3S/c1-16-8-4-6-10-20(16)29-25(33)28-23-19-9-5-7-11-21(19)32-26(29,2)22(23)24(30)27-17-12-14-18(31-3)15-13-17/h4-15,22-23H,1-3H3,(H,27,30)(H,28,33)/t22-,23-,26-/m0/s1. The van der Waals surface area contributed by atoms with Crippen LogP contribution in [0.3, 0.4) is 0 Å². The summed E-state index contributed by atoms with van der Waals surface area (Å²) in [5.74, 6) is 0.730. The molecule has 168 valence electrons. The van der Waals surface area contributed by atoms with Gasteiger partial charge in [-0.2, -0.15) is 0 Å². The minimum absolute atomic E-state index is 0.157. The molecule has 2 aliphatic rings. The molecule has 0 aromatic heterocycles. The quantitative estimate of drug-likeness (QED) is 0.547. The number of carbonyl (C=O) groups is 1. The van der Waals surface area contributed by atoms with Crippen molar-refractivity contribution >= 4 is 34.6 Å². The van der Waals surface area contributed by atoms with Gasteiger partial charge in [0.1, 0.15) is 17.4 Å². The third kappa shape index (κ3) is 3.49. The van der Waals surface area contributed by atoms with Crippen LogP contribution in [0, 0.1) is 12.8 Å². The van der Waals surface area contributed by atoms with Crippen molar-refractivity contribution in [1.82, 2.24) is 5.32 Å². The molecule has 1 amide bonds. The number of fused-ring (bicyclic) bond motifs is 4. The highest BCUT2D eigenvalue weighted by Gasteiger charge is 2.59. The van der Waals surface area contributed by atoms with Gasteiger partial charge in [0.25, 0.3) is 0 Å². The number of hydrogen-bond donors (Lipinski definition) is 2. The molecule has 5 rings (SSSR count). The molecule has 0 radical (unpaired) electrons. The molecule has 2 bridgehead atoms. The maximum Gasteiger partial charge on any atom is 0.236 e. The van der Waals surface area contributed by atoms with Gasteiger partial charge in [-0.1, -0.05) is 36.4 Å².